The zero-order chi connectivity index (χ0) is 43.6. The van der Waals surface area contributed by atoms with E-state index >= 15 is 0 Å². The van der Waals surface area contributed by atoms with Gasteiger partial charge in [0.1, 0.15) is 22.3 Å². The summed E-state index contributed by atoms with van der Waals surface area (Å²) in [4.78, 5) is 10.1. The Hall–Kier alpha value is -8.41. The molecule has 0 saturated heterocycles. The van der Waals surface area contributed by atoms with Gasteiger partial charge in [-0.05, 0) is 98.1 Å². The summed E-state index contributed by atoms with van der Waals surface area (Å²) in [5.74, 6) is 0.506. The van der Waals surface area contributed by atoms with Crippen LogP contribution in [0.4, 0.5) is 0 Å². The molecule has 1 N–H and O–H groups in total. The number of furan rings is 2. The summed E-state index contributed by atoms with van der Waals surface area (Å²) in [7, 11) is 0. The normalized spacial score (nSPS) is 13.3. The molecule has 308 valence electrons. The predicted octanol–water partition coefficient (Wildman–Crippen LogP) is 15.7. The summed E-state index contributed by atoms with van der Waals surface area (Å²) in [6.07, 6.45) is 1.85. The molecule has 9 aromatic carbocycles. The van der Waals surface area contributed by atoms with Gasteiger partial charge in [-0.15, -0.1) is 0 Å². The number of para-hydroxylation sites is 1. The highest BCUT2D eigenvalue weighted by atomic mass is 16.3. The van der Waals surface area contributed by atoms with Crippen LogP contribution >= 0.6 is 0 Å². The molecule has 65 heavy (non-hydrogen) atoms. The van der Waals surface area contributed by atoms with Gasteiger partial charge in [-0.3, -0.25) is 5.41 Å². The lowest BCUT2D eigenvalue weighted by Crippen LogP contribution is -2.14. The Labute approximate surface area is 376 Å². The summed E-state index contributed by atoms with van der Waals surface area (Å²) < 4.78 is 12.7. The molecule has 0 fully saturated rings. The fourth-order valence-electron chi connectivity index (χ4n) is 9.79. The van der Waals surface area contributed by atoms with Crippen molar-refractivity contribution in [2.75, 3.05) is 0 Å². The number of amidine groups is 2. The Bertz CT molecular complexity index is 3750. The van der Waals surface area contributed by atoms with Gasteiger partial charge in [-0.1, -0.05) is 172 Å². The molecular weight excluding hydrogens is 795 g/mol. The predicted molar refractivity (Wildman–Crippen MR) is 269 cm³/mol. The summed E-state index contributed by atoms with van der Waals surface area (Å²) in [5.41, 5.74) is 17.5. The maximum atomic E-state index is 9.34. The van der Waals surface area contributed by atoms with Gasteiger partial charge in [-0.25, -0.2) is 9.98 Å². The van der Waals surface area contributed by atoms with E-state index < -0.39 is 0 Å². The molecule has 0 unspecified atom stereocenters. The van der Waals surface area contributed by atoms with E-state index in [4.69, 9.17) is 18.8 Å². The quantitative estimate of drug-likeness (QED) is 0.134. The third-order valence-electron chi connectivity index (χ3n) is 13.1. The molecule has 0 spiro atoms. The summed E-state index contributed by atoms with van der Waals surface area (Å²) in [6.45, 7) is 4.64. The zero-order valence-electron chi connectivity index (χ0n) is 35.8. The van der Waals surface area contributed by atoms with Crippen molar-refractivity contribution in [1.29, 1.82) is 5.41 Å². The third kappa shape index (κ3) is 6.51. The minimum Gasteiger partial charge on any atom is -0.456 e. The number of nitrogens with one attached hydrogen (secondary N) is 1. The van der Waals surface area contributed by atoms with Gasteiger partial charge in [-0.2, -0.15) is 0 Å². The maximum Gasteiger partial charge on any atom is 0.162 e. The van der Waals surface area contributed by atoms with Crippen molar-refractivity contribution in [2.45, 2.75) is 19.3 Å². The highest BCUT2D eigenvalue weighted by Gasteiger charge is 2.35. The van der Waals surface area contributed by atoms with Crippen LogP contribution < -0.4 is 0 Å². The van der Waals surface area contributed by atoms with Crippen LogP contribution in [-0.2, 0) is 5.41 Å². The van der Waals surface area contributed by atoms with Crippen molar-refractivity contribution < 1.29 is 8.83 Å². The third-order valence-corrected chi connectivity index (χ3v) is 13.1. The highest BCUT2D eigenvalue weighted by Crippen LogP contribution is 2.49. The van der Waals surface area contributed by atoms with E-state index in [1.54, 1.807) is 0 Å². The van der Waals surface area contributed by atoms with Crippen LogP contribution in [0.2, 0.25) is 0 Å². The van der Waals surface area contributed by atoms with Crippen LogP contribution in [0.25, 0.3) is 88.4 Å². The maximum absolute atomic E-state index is 9.34. The minimum atomic E-state index is -0.0176. The van der Waals surface area contributed by atoms with Crippen molar-refractivity contribution in [3.05, 3.63) is 228 Å². The molecule has 0 saturated carbocycles. The molecular formula is C60H41N3O2. The molecule has 0 atom stereocenters. The van der Waals surface area contributed by atoms with E-state index in [2.05, 4.69) is 129 Å². The van der Waals surface area contributed by atoms with Gasteiger partial charge in [0.15, 0.2) is 11.7 Å². The largest absolute Gasteiger partial charge is 0.456 e. The molecule has 0 bridgehead atoms. The molecule has 5 nitrogen and oxygen atoms in total. The van der Waals surface area contributed by atoms with Crippen LogP contribution in [0.3, 0.4) is 0 Å². The number of hydrogen-bond donors (Lipinski definition) is 1. The van der Waals surface area contributed by atoms with Crippen LogP contribution in [0.15, 0.2) is 219 Å². The Kier molecular flexibility index (Phi) is 8.92. The Morgan fingerprint density at radius 1 is 0.462 bits per heavy atom. The lowest BCUT2D eigenvalue weighted by Gasteiger charge is -2.21. The van der Waals surface area contributed by atoms with Gasteiger partial charge < -0.3 is 8.83 Å². The topological polar surface area (TPSA) is 74.8 Å². The number of rotatable bonds is 6. The van der Waals surface area contributed by atoms with Crippen LogP contribution in [0, 0.1) is 5.41 Å². The molecule has 2 heterocycles. The zero-order valence-corrected chi connectivity index (χ0v) is 35.8. The summed E-state index contributed by atoms with van der Waals surface area (Å²) in [5, 5.41) is 13.2. The first-order valence-corrected chi connectivity index (χ1v) is 22.0. The number of fused-ring (bicyclic) bond motifs is 9. The molecule has 1 aliphatic rings. The monoisotopic (exact) mass is 835 g/mol. The van der Waals surface area contributed by atoms with Crippen LogP contribution in [0.1, 0.15) is 41.7 Å². The second-order valence-electron chi connectivity index (χ2n) is 17.3. The Morgan fingerprint density at radius 2 is 1.05 bits per heavy atom. The van der Waals surface area contributed by atoms with Crippen molar-refractivity contribution in [1.82, 2.24) is 0 Å². The van der Waals surface area contributed by atoms with Gasteiger partial charge in [0.05, 0.1) is 0 Å². The fourth-order valence-corrected chi connectivity index (χ4v) is 9.79. The van der Waals surface area contributed by atoms with Crippen LogP contribution in [-0.4, -0.2) is 17.9 Å². The van der Waals surface area contributed by atoms with Crippen molar-refractivity contribution in [2.24, 2.45) is 9.98 Å². The van der Waals surface area contributed by atoms with Gasteiger partial charge >= 0.3 is 0 Å². The Balaban J connectivity index is 0.925. The SMILES string of the molecule is CC1(C)c2ccccc2-c2cc(-c3ccc(-c4ccc5oc6cccc(C=NC(=NC(=N)c7cccc(-c8ccccc8)c7)c7cccc8oc9ccccc9c78)c6c5c4)cc3)ccc21. The number of hydrogen-bond acceptors (Lipinski definition) is 3. The lowest BCUT2D eigenvalue weighted by molar-refractivity contribution is 0.660. The molecule has 0 amide bonds. The van der Waals surface area contributed by atoms with E-state index in [1.165, 1.54) is 33.4 Å². The average Bonchev–Trinajstić information content (AvgIpc) is 4.00. The molecule has 1 aliphatic carbocycles. The number of aliphatic imine (C=N–C) groups is 2. The van der Waals surface area contributed by atoms with E-state index in [-0.39, 0.29) is 11.3 Å². The Morgan fingerprint density at radius 3 is 1.88 bits per heavy atom. The van der Waals surface area contributed by atoms with Crippen molar-refractivity contribution >= 4 is 61.8 Å². The highest BCUT2D eigenvalue weighted by molar-refractivity contribution is 6.23. The van der Waals surface area contributed by atoms with Crippen LogP contribution in [0.5, 0.6) is 0 Å². The summed E-state index contributed by atoms with van der Waals surface area (Å²) >= 11 is 0. The van der Waals surface area contributed by atoms with E-state index in [9.17, 15) is 5.41 Å². The molecule has 0 radical (unpaired) electrons. The van der Waals surface area contributed by atoms with E-state index in [1.807, 2.05) is 91.1 Å². The first kappa shape index (κ1) is 38.3. The molecule has 5 heteroatoms. The van der Waals surface area contributed by atoms with Gasteiger partial charge in [0.25, 0.3) is 0 Å². The summed E-state index contributed by atoms with van der Waals surface area (Å²) in [6, 6.07) is 69.1. The standard InChI is InChI=1S/C60H41N3O2/c1-60(2)50-21-8-6-18-45(50)48-34-41(29-31-51(48)60)38-25-27-39(28-26-38)42-30-32-53-49(35-42)56-44(17-11-23-54(56)65-53)36-62-59(47-20-12-24-55-57(47)46-19-7-9-22-52(46)64-55)63-58(61)43-16-10-15-40(33-43)37-13-4-3-5-14-37/h3-36,61H,1-2H3. The smallest absolute Gasteiger partial charge is 0.162 e. The number of nitrogens with zero attached hydrogens (tertiary/aromatic N) is 2. The van der Waals surface area contributed by atoms with E-state index in [0.717, 1.165) is 77.3 Å². The molecule has 12 rings (SSSR count). The van der Waals surface area contributed by atoms with Crippen molar-refractivity contribution in [3.63, 3.8) is 0 Å². The second kappa shape index (κ2) is 15.1. The fraction of sp³-hybridized carbons (Fsp3) is 0.0500. The minimum absolute atomic E-state index is 0.0176. The molecule has 0 aliphatic heterocycles. The number of benzene rings is 9. The van der Waals surface area contributed by atoms with E-state index in [0.29, 0.717) is 11.4 Å². The second-order valence-corrected chi connectivity index (χ2v) is 17.3. The first-order chi connectivity index (χ1) is 31.9. The molecule has 2 aromatic heterocycles. The molecule has 11 aromatic rings. The van der Waals surface area contributed by atoms with Gasteiger partial charge in [0, 0.05) is 49.9 Å². The lowest BCUT2D eigenvalue weighted by atomic mass is 9.82. The van der Waals surface area contributed by atoms with Crippen molar-refractivity contribution in [3.8, 4) is 44.5 Å². The first-order valence-electron chi connectivity index (χ1n) is 22.0. The average molecular weight is 836 g/mol. The van der Waals surface area contributed by atoms with Gasteiger partial charge in [0.2, 0.25) is 0 Å².